The van der Waals surface area contributed by atoms with Gasteiger partial charge in [0.1, 0.15) is 0 Å². The van der Waals surface area contributed by atoms with E-state index in [1.807, 2.05) is 6.92 Å². The molecule has 3 N–H and O–H groups in total. The Morgan fingerprint density at radius 2 is 2.18 bits per heavy atom. The highest BCUT2D eigenvalue weighted by Crippen LogP contribution is 2.17. The molecule has 1 heterocycles. The molecule has 5 nitrogen and oxygen atoms in total. The van der Waals surface area contributed by atoms with Gasteiger partial charge in [-0.25, -0.2) is 5.84 Å². The Bertz CT molecular complexity index is 247. The van der Waals surface area contributed by atoms with E-state index in [1.165, 1.54) is 0 Å². The number of likely N-dealkylation sites (N-methyl/N-ethyl adjacent to an activating group) is 1. The maximum absolute atomic E-state index is 11.8. The van der Waals surface area contributed by atoms with Crippen molar-refractivity contribution in [3.05, 3.63) is 0 Å². The molecule has 0 saturated carbocycles. The summed E-state index contributed by atoms with van der Waals surface area (Å²) in [5, 5.41) is 0. The molecule has 0 aliphatic carbocycles. The van der Waals surface area contributed by atoms with Gasteiger partial charge in [-0.3, -0.25) is 15.1 Å². The van der Waals surface area contributed by atoms with E-state index < -0.39 is 0 Å². The van der Waals surface area contributed by atoms with Gasteiger partial charge in [0, 0.05) is 19.1 Å². The highest BCUT2D eigenvalue weighted by atomic mass is 16.2. The van der Waals surface area contributed by atoms with E-state index in [9.17, 15) is 4.79 Å². The average Bonchev–Trinajstić information content (AvgIpc) is 2.52. The first kappa shape index (κ1) is 14.4. The lowest BCUT2D eigenvalue weighted by molar-refractivity contribution is -0.127. The molecule has 0 aromatic heterocycles. The van der Waals surface area contributed by atoms with Gasteiger partial charge < -0.3 is 4.90 Å². The number of nitrogens with two attached hydrogens (primary N) is 1. The summed E-state index contributed by atoms with van der Waals surface area (Å²) in [4.78, 5) is 16.5. The zero-order valence-corrected chi connectivity index (χ0v) is 11.3. The van der Waals surface area contributed by atoms with E-state index in [0.717, 1.165) is 38.9 Å². The van der Waals surface area contributed by atoms with Gasteiger partial charge in [-0.2, -0.15) is 0 Å². The molecule has 17 heavy (non-hydrogen) atoms. The van der Waals surface area contributed by atoms with Crippen molar-refractivity contribution < 1.29 is 4.79 Å². The molecule has 0 aromatic carbocycles. The second kappa shape index (κ2) is 6.93. The van der Waals surface area contributed by atoms with Crippen LogP contribution in [0, 0.1) is 0 Å². The van der Waals surface area contributed by atoms with E-state index in [-0.39, 0.29) is 11.9 Å². The summed E-state index contributed by atoms with van der Waals surface area (Å²) in [5.74, 6) is 5.21. The highest BCUT2D eigenvalue weighted by molar-refractivity contribution is 5.81. The van der Waals surface area contributed by atoms with Crippen molar-refractivity contribution in [1.29, 1.82) is 0 Å². The molecule has 1 saturated heterocycles. The van der Waals surface area contributed by atoms with Crippen LogP contribution in [-0.4, -0.2) is 54.5 Å². The standard InChI is InChI=1S/C12H26N4O/c1-4-10-9-15(3)7-6-8-16(10)11(5-2)12(17)14-13/h10-11H,4-9,13H2,1-3H3,(H,14,17). The molecule has 5 heteroatoms. The molecule has 0 bridgehead atoms. The summed E-state index contributed by atoms with van der Waals surface area (Å²) in [6.45, 7) is 7.35. The minimum atomic E-state index is -0.0866. The minimum Gasteiger partial charge on any atom is -0.305 e. The predicted molar refractivity (Wildman–Crippen MR) is 69.3 cm³/mol. The van der Waals surface area contributed by atoms with Crippen LogP contribution in [0.1, 0.15) is 33.1 Å². The van der Waals surface area contributed by atoms with E-state index >= 15 is 0 Å². The Morgan fingerprint density at radius 3 is 2.71 bits per heavy atom. The molecule has 1 rings (SSSR count). The number of hydrogen-bond acceptors (Lipinski definition) is 4. The summed E-state index contributed by atoms with van der Waals surface area (Å²) >= 11 is 0. The lowest BCUT2D eigenvalue weighted by atomic mass is 10.1. The molecule has 1 aliphatic heterocycles. The van der Waals surface area contributed by atoms with Gasteiger partial charge in [0.2, 0.25) is 0 Å². The summed E-state index contributed by atoms with van der Waals surface area (Å²) in [6.07, 6.45) is 2.99. The topological polar surface area (TPSA) is 61.6 Å². The molecule has 1 amide bonds. The van der Waals surface area contributed by atoms with Crippen molar-refractivity contribution in [2.45, 2.75) is 45.2 Å². The number of hydrogen-bond donors (Lipinski definition) is 2. The van der Waals surface area contributed by atoms with Crippen LogP contribution >= 0.6 is 0 Å². The van der Waals surface area contributed by atoms with Crippen LogP contribution in [0.2, 0.25) is 0 Å². The lowest BCUT2D eigenvalue weighted by Crippen LogP contribution is -2.53. The van der Waals surface area contributed by atoms with Gasteiger partial charge in [0.25, 0.3) is 5.91 Å². The first-order chi connectivity index (χ1) is 8.13. The third-order valence-corrected chi connectivity index (χ3v) is 3.65. The highest BCUT2D eigenvalue weighted by Gasteiger charge is 2.30. The number of nitrogens with zero attached hydrogens (tertiary/aromatic N) is 2. The molecule has 2 atom stereocenters. The van der Waals surface area contributed by atoms with Gasteiger partial charge in [-0.15, -0.1) is 0 Å². The number of hydrazine groups is 1. The van der Waals surface area contributed by atoms with Crippen molar-refractivity contribution in [1.82, 2.24) is 15.2 Å². The van der Waals surface area contributed by atoms with Crippen LogP contribution in [0.4, 0.5) is 0 Å². The molecular formula is C12H26N4O. The third-order valence-electron chi connectivity index (χ3n) is 3.65. The molecule has 1 fully saturated rings. The van der Waals surface area contributed by atoms with Crippen LogP contribution in [0.15, 0.2) is 0 Å². The average molecular weight is 242 g/mol. The predicted octanol–water partition coefficient (Wildman–Crippen LogP) is 0.171. The van der Waals surface area contributed by atoms with Crippen LogP contribution < -0.4 is 11.3 Å². The molecule has 2 unspecified atom stereocenters. The van der Waals surface area contributed by atoms with Crippen molar-refractivity contribution in [2.24, 2.45) is 5.84 Å². The molecule has 0 spiro atoms. The van der Waals surface area contributed by atoms with Crippen molar-refractivity contribution in [3.63, 3.8) is 0 Å². The number of nitrogens with one attached hydrogen (secondary N) is 1. The quantitative estimate of drug-likeness (QED) is 0.419. The summed E-state index contributed by atoms with van der Waals surface area (Å²) in [7, 11) is 2.15. The van der Waals surface area contributed by atoms with Gasteiger partial charge in [0.15, 0.2) is 0 Å². The third kappa shape index (κ3) is 3.66. The molecule has 100 valence electrons. The first-order valence-corrected chi connectivity index (χ1v) is 6.58. The second-order valence-corrected chi connectivity index (χ2v) is 4.85. The normalized spacial score (nSPS) is 25.3. The van der Waals surface area contributed by atoms with Crippen LogP contribution in [-0.2, 0) is 4.79 Å². The largest absolute Gasteiger partial charge is 0.305 e. The fourth-order valence-corrected chi connectivity index (χ4v) is 2.70. The maximum atomic E-state index is 11.8. The molecule has 0 radical (unpaired) electrons. The number of carbonyl (C=O) groups is 1. The number of rotatable bonds is 4. The van der Waals surface area contributed by atoms with E-state index in [1.54, 1.807) is 0 Å². The Labute approximate surface area is 104 Å². The SMILES string of the molecule is CCC1CN(C)CCCN1C(CC)C(=O)NN. The van der Waals surface area contributed by atoms with Crippen molar-refractivity contribution in [3.8, 4) is 0 Å². The Morgan fingerprint density at radius 1 is 1.47 bits per heavy atom. The maximum Gasteiger partial charge on any atom is 0.251 e. The van der Waals surface area contributed by atoms with E-state index in [4.69, 9.17) is 5.84 Å². The van der Waals surface area contributed by atoms with Crippen LogP contribution in [0.25, 0.3) is 0 Å². The Kier molecular flexibility index (Phi) is 5.88. The number of amides is 1. The zero-order chi connectivity index (χ0) is 12.8. The Balaban J connectivity index is 2.78. The van der Waals surface area contributed by atoms with Gasteiger partial charge >= 0.3 is 0 Å². The summed E-state index contributed by atoms with van der Waals surface area (Å²) < 4.78 is 0. The minimum absolute atomic E-state index is 0.0597. The number of carbonyl (C=O) groups excluding carboxylic acids is 1. The van der Waals surface area contributed by atoms with Gasteiger partial charge in [0.05, 0.1) is 6.04 Å². The fourth-order valence-electron chi connectivity index (χ4n) is 2.70. The van der Waals surface area contributed by atoms with Crippen LogP contribution in [0.5, 0.6) is 0 Å². The molecule has 0 aromatic rings. The fraction of sp³-hybridized carbons (Fsp3) is 0.917. The molecular weight excluding hydrogens is 216 g/mol. The zero-order valence-electron chi connectivity index (χ0n) is 11.3. The molecule has 1 aliphatic rings. The monoisotopic (exact) mass is 242 g/mol. The Hall–Kier alpha value is -0.650. The van der Waals surface area contributed by atoms with Gasteiger partial charge in [-0.1, -0.05) is 13.8 Å². The van der Waals surface area contributed by atoms with Crippen LogP contribution in [0.3, 0.4) is 0 Å². The first-order valence-electron chi connectivity index (χ1n) is 6.58. The lowest BCUT2D eigenvalue weighted by Gasteiger charge is -2.35. The van der Waals surface area contributed by atoms with Crippen molar-refractivity contribution in [2.75, 3.05) is 26.7 Å². The van der Waals surface area contributed by atoms with Gasteiger partial charge in [-0.05, 0) is 32.9 Å². The second-order valence-electron chi connectivity index (χ2n) is 4.85. The smallest absolute Gasteiger partial charge is 0.251 e. The summed E-state index contributed by atoms with van der Waals surface area (Å²) in [5.41, 5.74) is 2.30. The van der Waals surface area contributed by atoms with E-state index in [2.05, 4.69) is 29.2 Å². The van der Waals surface area contributed by atoms with Crippen molar-refractivity contribution >= 4 is 5.91 Å². The summed E-state index contributed by atoms with van der Waals surface area (Å²) in [6, 6.07) is 0.362. The van der Waals surface area contributed by atoms with E-state index in [0.29, 0.717) is 6.04 Å².